The molecule has 0 radical (unpaired) electrons. The topological polar surface area (TPSA) is 144 Å². The molecule has 0 aliphatic heterocycles. The maximum atomic E-state index is 10.2. The number of hydrogen-bond donors (Lipinski definition) is 3. The smallest absolute Gasteiger partial charge is 0.155 e. The minimum Gasteiger partial charge on any atom is -0.497 e. The molecular formula is C76H113N3O11. The second-order valence-corrected chi connectivity index (χ2v) is 24.0. The zero-order valence-electron chi connectivity index (χ0n) is 56.8. The molecule has 6 aromatic carbocycles. The zero-order valence-corrected chi connectivity index (χ0v) is 56.8. The SMILES string of the molecule is CCCCC(O)OC(COc1ccccc1CCc1ccc(OC)cc1)CN(C)C.CCCCC(O)O[C@@H](COc1ccccc1CCc1ccc(OC)cc1)CN(C)C.CCCCC(O)O[C@H](CCc1ccccc1CCc1ccc(OC)cc1)CN(C)C. The third-order valence-electron chi connectivity index (χ3n) is 15.3. The second-order valence-electron chi connectivity index (χ2n) is 24.0. The van der Waals surface area contributed by atoms with E-state index in [9.17, 15) is 15.3 Å². The molecule has 90 heavy (non-hydrogen) atoms. The first-order chi connectivity index (χ1) is 43.5. The fourth-order valence-corrected chi connectivity index (χ4v) is 10.3. The van der Waals surface area contributed by atoms with Gasteiger partial charge in [0.25, 0.3) is 0 Å². The standard InChI is InChI=1S/C26H39NO3.2C25H37NO4/c1-5-6-11-26(28)30-25(20-27(2)3)19-16-23-10-8-7-9-22(23)15-12-21-13-17-24(29-4)18-14-21;2*1-5-6-11-25(27)30-23(18-26(2)3)19-29-24-10-8-7-9-21(24)15-12-20-13-16-22(28-4)17-14-20/h7-10,13-14,17-18,25-26,28H,5-6,11-12,15-16,19-20H2,1-4H3;2*7-10,13-14,16-17,23,25,27H,5-6,11-12,15,18-19H2,1-4H3/t25-,26?;23-,25?;/m11./s1. The zero-order chi connectivity index (χ0) is 65.3. The van der Waals surface area contributed by atoms with Crippen molar-refractivity contribution in [2.75, 3.05) is 96.5 Å². The van der Waals surface area contributed by atoms with Crippen molar-refractivity contribution in [1.82, 2.24) is 14.7 Å². The molecule has 3 N–H and O–H groups in total. The van der Waals surface area contributed by atoms with E-state index < -0.39 is 18.9 Å². The van der Waals surface area contributed by atoms with Gasteiger partial charge < -0.3 is 67.9 Å². The Labute approximate surface area is 542 Å². The average Bonchev–Trinajstić information content (AvgIpc) is 2.59. The fourth-order valence-electron chi connectivity index (χ4n) is 10.3. The summed E-state index contributed by atoms with van der Waals surface area (Å²) in [5.74, 6) is 4.39. The van der Waals surface area contributed by atoms with Crippen LogP contribution in [0.3, 0.4) is 0 Å². The second kappa shape index (κ2) is 45.3. The highest BCUT2D eigenvalue weighted by Crippen LogP contribution is 2.25. The van der Waals surface area contributed by atoms with E-state index in [1.54, 1.807) is 21.3 Å². The molecule has 0 spiro atoms. The lowest BCUT2D eigenvalue weighted by Gasteiger charge is -2.25. The molecule has 6 atom stereocenters. The first kappa shape index (κ1) is 76.4. The number of para-hydroxylation sites is 2. The lowest BCUT2D eigenvalue weighted by molar-refractivity contribution is -0.151. The van der Waals surface area contributed by atoms with Gasteiger partial charge in [-0.3, -0.25) is 0 Å². The Hall–Kier alpha value is -6.04. The van der Waals surface area contributed by atoms with E-state index in [0.29, 0.717) is 45.6 Å². The van der Waals surface area contributed by atoms with Gasteiger partial charge in [0.1, 0.15) is 54.2 Å². The van der Waals surface area contributed by atoms with Gasteiger partial charge in [-0.05, 0) is 220 Å². The third kappa shape index (κ3) is 32.3. The number of ether oxygens (including phenoxy) is 8. The molecule has 0 bridgehead atoms. The Balaban J connectivity index is 0.000000288. The summed E-state index contributed by atoms with van der Waals surface area (Å²) in [5.41, 5.74) is 8.95. The van der Waals surface area contributed by atoms with Gasteiger partial charge in [-0.15, -0.1) is 0 Å². The quantitative estimate of drug-likeness (QED) is 0.0313. The molecule has 0 amide bonds. The van der Waals surface area contributed by atoms with Crippen LogP contribution in [0.5, 0.6) is 28.7 Å². The maximum Gasteiger partial charge on any atom is 0.155 e. The number of aliphatic hydroxyl groups is 3. The molecule has 0 saturated carbocycles. The Bertz CT molecular complexity index is 2450. The van der Waals surface area contributed by atoms with E-state index in [1.165, 1.54) is 38.9 Å². The molecule has 0 fully saturated rings. The number of benzene rings is 6. The van der Waals surface area contributed by atoms with Crippen molar-refractivity contribution in [2.45, 2.75) is 167 Å². The van der Waals surface area contributed by atoms with Gasteiger partial charge >= 0.3 is 0 Å². The Morgan fingerprint density at radius 2 is 0.622 bits per heavy atom. The first-order valence-corrected chi connectivity index (χ1v) is 32.9. The Kier molecular flexibility index (Phi) is 38.4. The number of hydrogen-bond acceptors (Lipinski definition) is 14. The van der Waals surface area contributed by atoms with E-state index in [-0.39, 0.29) is 18.3 Å². The molecule has 6 aromatic rings. The molecule has 4 unspecified atom stereocenters. The van der Waals surface area contributed by atoms with Gasteiger partial charge in [0, 0.05) is 19.6 Å². The van der Waals surface area contributed by atoms with Gasteiger partial charge in [0.2, 0.25) is 0 Å². The summed E-state index contributed by atoms with van der Waals surface area (Å²) in [5, 5.41) is 30.5. The van der Waals surface area contributed by atoms with Crippen LogP contribution >= 0.6 is 0 Å². The van der Waals surface area contributed by atoms with Gasteiger partial charge in [-0.2, -0.15) is 0 Å². The summed E-state index contributed by atoms with van der Waals surface area (Å²) in [6, 6.07) is 49.7. The molecule has 14 nitrogen and oxygen atoms in total. The van der Waals surface area contributed by atoms with Crippen LogP contribution in [-0.4, -0.2) is 164 Å². The summed E-state index contributed by atoms with van der Waals surface area (Å²) in [6.07, 6.45) is 13.0. The van der Waals surface area contributed by atoms with Crippen molar-refractivity contribution in [3.63, 3.8) is 0 Å². The summed E-state index contributed by atoms with van der Waals surface area (Å²) in [7, 11) is 17.2. The lowest BCUT2D eigenvalue weighted by atomic mass is 9.96. The third-order valence-corrected chi connectivity index (χ3v) is 15.3. The molecule has 0 saturated heterocycles. The molecule has 0 heterocycles. The van der Waals surface area contributed by atoms with Gasteiger partial charge in [0.05, 0.1) is 27.4 Å². The predicted molar refractivity (Wildman–Crippen MR) is 367 cm³/mol. The molecule has 6 rings (SSSR count). The molecule has 0 aliphatic rings. The van der Waals surface area contributed by atoms with Crippen LogP contribution in [0.25, 0.3) is 0 Å². The van der Waals surface area contributed by atoms with Crippen molar-refractivity contribution >= 4 is 0 Å². The monoisotopic (exact) mass is 1240 g/mol. The largest absolute Gasteiger partial charge is 0.497 e. The van der Waals surface area contributed by atoms with E-state index >= 15 is 0 Å². The van der Waals surface area contributed by atoms with Crippen molar-refractivity contribution in [1.29, 1.82) is 0 Å². The summed E-state index contributed by atoms with van der Waals surface area (Å²) >= 11 is 0. The van der Waals surface area contributed by atoms with Crippen molar-refractivity contribution in [3.05, 3.63) is 185 Å². The number of methoxy groups -OCH3 is 3. The number of unbranched alkanes of at least 4 members (excludes halogenated alkanes) is 3. The van der Waals surface area contributed by atoms with E-state index in [1.807, 2.05) is 101 Å². The van der Waals surface area contributed by atoms with Crippen LogP contribution in [0.15, 0.2) is 146 Å². The normalized spacial score (nSPS) is 13.3. The highest BCUT2D eigenvalue weighted by Gasteiger charge is 2.21. The number of nitrogens with zero attached hydrogens (tertiary/aromatic N) is 3. The van der Waals surface area contributed by atoms with Crippen molar-refractivity contribution in [2.24, 2.45) is 0 Å². The van der Waals surface area contributed by atoms with Crippen LogP contribution in [0, 0.1) is 0 Å². The number of likely N-dealkylation sites (N-methyl/N-ethyl adjacent to an activating group) is 3. The number of aliphatic hydroxyl groups excluding tert-OH is 3. The summed E-state index contributed by atoms with van der Waals surface area (Å²) in [4.78, 5) is 6.24. The Morgan fingerprint density at radius 1 is 0.333 bits per heavy atom. The average molecular weight is 1240 g/mol. The van der Waals surface area contributed by atoms with Crippen molar-refractivity contribution in [3.8, 4) is 28.7 Å². The van der Waals surface area contributed by atoms with Crippen LogP contribution in [0.1, 0.15) is 124 Å². The van der Waals surface area contributed by atoms with Gasteiger partial charge in [-0.1, -0.05) is 137 Å². The van der Waals surface area contributed by atoms with Crippen LogP contribution in [0.2, 0.25) is 0 Å². The number of aryl methyl sites for hydroxylation is 7. The molecular weight excluding hydrogens is 1130 g/mol. The minimum absolute atomic E-state index is 0.0292. The number of rotatable bonds is 42. The Morgan fingerprint density at radius 3 is 0.944 bits per heavy atom. The van der Waals surface area contributed by atoms with Gasteiger partial charge in [-0.25, -0.2) is 0 Å². The van der Waals surface area contributed by atoms with Gasteiger partial charge in [0.15, 0.2) is 18.9 Å². The fraction of sp³-hybridized carbons (Fsp3) is 0.526. The van der Waals surface area contributed by atoms with Crippen LogP contribution < -0.4 is 23.7 Å². The predicted octanol–water partition coefficient (Wildman–Crippen LogP) is 13.5. The maximum absolute atomic E-state index is 10.2. The van der Waals surface area contributed by atoms with Crippen molar-refractivity contribution < 1.29 is 53.2 Å². The molecule has 0 aliphatic carbocycles. The lowest BCUT2D eigenvalue weighted by Crippen LogP contribution is -2.36. The first-order valence-electron chi connectivity index (χ1n) is 32.9. The molecule has 0 aromatic heterocycles. The minimum atomic E-state index is -0.746. The highest BCUT2D eigenvalue weighted by molar-refractivity contribution is 5.37. The highest BCUT2D eigenvalue weighted by atomic mass is 16.6. The van der Waals surface area contributed by atoms with Crippen LogP contribution in [0.4, 0.5) is 0 Å². The summed E-state index contributed by atoms with van der Waals surface area (Å²) in [6.45, 7) is 9.35. The molecule has 14 heteroatoms. The van der Waals surface area contributed by atoms with E-state index in [0.717, 1.165) is 125 Å². The van der Waals surface area contributed by atoms with E-state index in [2.05, 4.69) is 122 Å². The summed E-state index contributed by atoms with van der Waals surface area (Å²) < 4.78 is 45.7. The van der Waals surface area contributed by atoms with E-state index in [4.69, 9.17) is 37.9 Å². The van der Waals surface area contributed by atoms with Crippen LogP contribution in [-0.2, 0) is 59.2 Å². The molecule has 498 valence electrons.